The van der Waals surface area contributed by atoms with Crippen molar-refractivity contribution in [1.29, 1.82) is 0 Å². The maximum absolute atomic E-state index is 11.9. The van der Waals surface area contributed by atoms with Crippen molar-refractivity contribution in [3.8, 4) is 0 Å². The number of anilines is 1. The summed E-state index contributed by atoms with van der Waals surface area (Å²) < 4.78 is 5.00. The van der Waals surface area contributed by atoms with E-state index >= 15 is 0 Å². The summed E-state index contributed by atoms with van der Waals surface area (Å²) in [5.74, 6) is -1.04. The third-order valence-electron chi connectivity index (χ3n) is 3.02. The molecule has 112 valence electrons. The summed E-state index contributed by atoms with van der Waals surface area (Å²) in [6, 6.07) is -0.520. The third-order valence-corrected chi connectivity index (χ3v) is 4.14. The maximum atomic E-state index is 11.9. The first-order valence-electron chi connectivity index (χ1n) is 6.30. The zero-order chi connectivity index (χ0) is 15.3. The lowest BCUT2D eigenvalue weighted by Crippen LogP contribution is -2.40. The van der Waals surface area contributed by atoms with Crippen molar-refractivity contribution >= 4 is 28.3 Å². The van der Waals surface area contributed by atoms with Gasteiger partial charge in [0.25, 0.3) is 0 Å². The highest BCUT2D eigenvalue weighted by atomic mass is 32.1. The molecule has 0 bridgehead atoms. The third kappa shape index (κ3) is 3.94. The van der Waals surface area contributed by atoms with Crippen LogP contribution in [-0.4, -0.2) is 36.9 Å². The number of hydrogen-bond acceptors (Lipinski definition) is 4. The standard InChI is InChI=1S/C13H20N2O4S/c1-5-9(6-19-4)14-13(18)15-11-10(12(16)17)7(2)8(3)20-11/h9H,5-6H2,1-4H3,(H,16,17)(H2,14,15,18). The van der Waals surface area contributed by atoms with Crippen LogP contribution in [0.1, 0.15) is 34.1 Å². The van der Waals surface area contributed by atoms with E-state index in [1.165, 1.54) is 11.3 Å². The minimum atomic E-state index is -1.04. The number of thiophene rings is 1. The first-order chi connectivity index (χ1) is 9.40. The molecular formula is C13H20N2O4S. The number of hydrogen-bond donors (Lipinski definition) is 3. The zero-order valence-corrected chi connectivity index (χ0v) is 12.9. The van der Waals surface area contributed by atoms with Crippen molar-refractivity contribution in [2.45, 2.75) is 33.2 Å². The van der Waals surface area contributed by atoms with Crippen LogP contribution in [-0.2, 0) is 4.74 Å². The molecule has 0 aliphatic rings. The molecule has 0 spiro atoms. The Morgan fingerprint density at radius 1 is 1.40 bits per heavy atom. The van der Waals surface area contributed by atoms with Crippen molar-refractivity contribution in [2.24, 2.45) is 0 Å². The molecule has 1 rings (SSSR count). The number of carboxylic acids is 1. The summed E-state index contributed by atoms with van der Waals surface area (Å²) in [7, 11) is 1.57. The lowest BCUT2D eigenvalue weighted by Gasteiger charge is -2.16. The highest BCUT2D eigenvalue weighted by molar-refractivity contribution is 7.16. The summed E-state index contributed by atoms with van der Waals surface area (Å²) in [6.45, 7) is 5.91. The normalized spacial score (nSPS) is 12.0. The highest BCUT2D eigenvalue weighted by Gasteiger charge is 2.21. The number of methoxy groups -OCH3 is 1. The molecule has 0 fully saturated rings. The second kappa shape index (κ2) is 7.25. The molecule has 1 heterocycles. The van der Waals surface area contributed by atoms with Crippen LogP contribution in [0.2, 0.25) is 0 Å². The van der Waals surface area contributed by atoms with E-state index in [9.17, 15) is 14.7 Å². The second-order valence-corrected chi connectivity index (χ2v) is 5.68. The average molecular weight is 300 g/mol. The summed E-state index contributed by atoms with van der Waals surface area (Å²) in [5, 5.41) is 14.9. The minimum Gasteiger partial charge on any atom is -0.478 e. The Kier molecular flexibility index (Phi) is 5.97. The minimum absolute atomic E-state index is 0.101. The number of amides is 2. The molecule has 0 saturated carbocycles. The van der Waals surface area contributed by atoms with Gasteiger partial charge in [-0.25, -0.2) is 9.59 Å². The Morgan fingerprint density at radius 3 is 2.55 bits per heavy atom. The lowest BCUT2D eigenvalue weighted by atomic mass is 10.1. The van der Waals surface area contributed by atoms with Crippen LogP contribution < -0.4 is 10.6 Å². The highest BCUT2D eigenvalue weighted by Crippen LogP contribution is 2.32. The summed E-state index contributed by atoms with van der Waals surface area (Å²) >= 11 is 1.26. The topological polar surface area (TPSA) is 87.7 Å². The van der Waals surface area contributed by atoms with E-state index in [2.05, 4.69) is 10.6 Å². The molecule has 20 heavy (non-hydrogen) atoms. The molecule has 1 aromatic heterocycles. The molecule has 1 aromatic rings. The smallest absolute Gasteiger partial charge is 0.338 e. The van der Waals surface area contributed by atoms with Gasteiger partial charge in [0.1, 0.15) is 5.00 Å². The predicted molar refractivity (Wildman–Crippen MR) is 78.9 cm³/mol. The van der Waals surface area contributed by atoms with Crippen LogP contribution in [0.4, 0.5) is 9.80 Å². The van der Waals surface area contributed by atoms with Gasteiger partial charge < -0.3 is 15.2 Å². The molecule has 1 unspecified atom stereocenters. The van der Waals surface area contributed by atoms with E-state index in [0.717, 1.165) is 11.3 Å². The molecule has 0 aliphatic carbocycles. The maximum Gasteiger partial charge on any atom is 0.338 e. The molecule has 0 saturated heterocycles. The van der Waals surface area contributed by atoms with Crippen molar-refractivity contribution in [1.82, 2.24) is 5.32 Å². The van der Waals surface area contributed by atoms with Crippen molar-refractivity contribution < 1.29 is 19.4 Å². The van der Waals surface area contributed by atoms with E-state index in [0.29, 0.717) is 17.2 Å². The van der Waals surface area contributed by atoms with Crippen molar-refractivity contribution in [2.75, 3.05) is 19.0 Å². The summed E-state index contributed by atoms with van der Waals surface area (Å²) in [4.78, 5) is 24.0. The Hall–Kier alpha value is -1.60. The van der Waals surface area contributed by atoms with Crippen LogP contribution in [0.15, 0.2) is 0 Å². The van der Waals surface area contributed by atoms with Crippen LogP contribution in [0.5, 0.6) is 0 Å². The van der Waals surface area contributed by atoms with Gasteiger partial charge in [0.05, 0.1) is 18.2 Å². The van der Waals surface area contributed by atoms with E-state index in [-0.39, 0.29) is 11.6 Å². The summed E-state index contributed by atoms with van der Waals surface area (Å²) in [5.41, 5.74) is 0.837. The number of carbonyl (C=O) groups excluding carboxylic acids is 1. The summed E-state index contributed by atoms with van der Waals surface area (Å²) in [6.07, 6.45) is 0.732. The average Bonchev–Trinajstić information content (AvgIpc) is 2.63. The lowest BCUT2D eigenvalue weighted by molar-refractivity contribution is 0.0697. The number of ether oxygens (including phenoxy) is 1. The molecule has 6 nitrogen and oxygen atoms in total. The second-order valence-electron chi connectivity index (χ2n) is 4.45. The van der Waals surface area contributed by atoms with Gasteiger partial charge in [-0.1, -0.05) is 6.92 Å². The van der Waals surface area contributed by atoms with E-state index < -0.39 is 12.0 Å². The van der Waals surface area contributed by atoms with Gasteiger partial charge in [0, 0.05) is 12.0 Å². The predicted octanol–water partition coefficient (Wildman–Crippen LogP) is 2.61. The van der Waals surface area contributed by atoms with Crippen LogP contribution in [0.25, 0.3) is 0 Å². The van der Waals surface area contributed by atoms with Crippen molar-refractivity contribution in [3.63, 3.8) is 0 Å². The quantitative estimate of drug-likeness (QED) is 0.753. The number of carboxylic acid groups (broad SMARTS) is 1. The van der Waals surface area contributed by atoms with Gasteiger partial charge in [-0.3, -0.25) is 5.32 Å². The molecule has 3 N–H and O–H groups in total. The first-order valence-corrected chi connectivity index (χ1v) is 7.12. The first kappa shape index (κ1) is 16.5. The number of carbonyl (C=O) groups is 2. The fraction of sp³-hybridized carbons (Fsp3) is 0.538. The number of aromatic carboxylic acids is 1. The van der Waals surface area contributed by atoms with Gasteiger partial charge in [-0.2, -0.15) is 0 Å². The fourth-order valence-corrected chi connectivity index (χ4v) is 2.81. The van der Waals surface area contributed by atoms with E-state index in [1.807, 2.05) is 13.8 Å². The van der Waals surface area contributed by atoms with E-state index in [1.54, 1.807) is 14.0 Å². The number of nitrogens with one attached hydrogen (secondary N) is 2. The molecule has 0 aromatic carbocycles. The van der Waals surface area contributed by atoms with Crippen molar-refractivity contribution in [3.05, 3.63) is 16.0 Å². The Labute approximate surface area is 122 Å². The fourth-order valence-electron chi connectivity index (χ4n) is 1.76. The van der Waals surface area contributed by atoms with Crippen LogP contribution >= 0.6 is 11.3 Å². The largest absolute Gasteiger partial charge is 0.478 e. The van der Waals surface area contributed by atoms with Crippen LogP contribution in [0, 0.1) is 13.8 Å². The van der Waals surface area contributed by atoms with E-state index in [4.69, 9.17) is 4.74 Å². The Balaban J connectivity index is 2.80. The number of rotatable bonds is 6. The monoisotopic (exact) mass is 300 g/mol. The van der Waals surface area contributed by atoms with Gasteiger partial charge in [0.15, 0.2) is 0 Å². The van der Waals surface area contributed by atoms with Gasteiger partial charge >= 0.3 is 12.0 Å². The zero-order valence-electron chi connectivity index (χ0n) is 12.1. The van der Waals surface area contributed by atoms with Gasteiger partial charge in [-0.05, 0) is 25.8 Å². The molecule has 2 amide bonds. The molecule has 7 heteroatoms. The van der Waals surface area contributed by atoms with Gasteiger partial charge in [0.2, 0.25) is 0 Å². The molecule has 1 atom stereocenters. The van der Waals surface area contributed by atoms with Crippen LogP contribution in [0.3, 0.4) is 0 Å². The Bertz CT molecular complexity index is 499. The molecule has 0 aliphatic heterocycles. The SMILES string of the molecule is CCC(COC)NC(=O)Nc1sc(C)c(C)c1C(=O)O. The molecular weight excluding hydrogens is 280 g/mol. The molecule has 0 radical (unpaired) electrons. The van der Waals surface area contributed by atoms with Gasteiger partial charge in [-0.15, -0.1) is 11.3 Å². The Morgan fingerprint density at radius 2 is 2.05 bits per heavy atom. The number of urea groups is 1. The number of aryl methyl sites for hydroxylation is 1.